The number of carbonyl (C=O) groups excluding carboxylic acids is 2. The number of imidazole rings is 1. The Morgan fingerprint density at radius 1 is 1.16 bits per heavy atom. The molecule has 1 amide bonds. The van der Waals surface area contributed by atoms with Crippen molar-refractivity contribution in [3.63, 3.8) is 0 Å². The van der Waals surface area contributed by atoms with Crippen LogP contribution in [0, 0.1) is 5.82 Å². The zero-order chi connectivity index (χ0) is 22.7. The van der Waals surface area contributed by atoms with Crippen LogP contribution in [0.3, 0.4) is 0 Å². The van der Waals surface area contributed by atoms with Gasteiger partial charge in [-0.2, -0.15) is 0 Å². The number of aliphatic hydroxyl groups is 1. The number of likely N-dealkylation sites (tertiary alicyclic amines) is 1. The summed E-state index contributed by atoms with van der Waals surface area (Å²) in [5.41, 5.74) is 0.721. The van der Waals surface area contributed by atoms with E-state index in [9.17, 15) is 19.1 Å². The fourth-order valence-corrected chi connectivity index (χ4v) is 3.90. The largest absolute Gasteiger partial charge is 0.507 e. The summed E-state index contributed by atoms with van der Waals surface area (Å²) in [4.78, 5) is 31.3. The van der Waals surface area contributed by atoms with E-state index in [0.29, 0.717) is 25.1 Å². The first-order valence-corrected chi connectivity index (χ1v) is 10.1. The summed E-state index contributed by atoms with van der Waals surface area (Å²) in [6.45, 7) is 0.921. The number of aromatic nitrogens is 2. The van der Waals surface area contributed by atoms with Crippen LogP contribution < -0.4 is 4.74 Å². The molecule has 2 aromatic carbocycles. The summed E-state index contributed by atoms with van der Waals surface area (Å²) in [5, 5.41) is 11.0. The smallest absolute Gasteiger partial charge is 0.295 e. The summed E-state index contributed by atoms with van der Waals surface area (Å²) >= 11 is 0. The van der Waals surface area contributed by atoms with Crippen molar-refractivity contribution < 1.29 is 23.8 Å². The summed E-state index contributed by atoms with van der Waals surface area (Å²) in [7, 11) is 1.34. The van der Waals surface area contributed by atoms with Crippen molar-refractivity contribution >= 4 is 17.4 Å². The van der Waals surface area contributed by atoms with Crippen LogP contribution >= 0.6 is 0 Å². The van der Waals surface area contributed by atoms with Gasteiger partial charge in [-0.05, 0) is 30.2 Å². The van der Waals surface area contributed by atoms with Gasteiger partial charge < -0.3 is 19.3 Å². The molecule has 8 heteroatoms. The second kappa shape index (κ2) is 9.05. The molecule has 1 saturated heterocycles. The van der Waals surface area contributed by atoms with Gasteiger partial charge in [0.05, 0.1) is 25.1 Å². The lowest BCUT2D eigenvalue weighted by molar-refractivity contribution is -0.139. The fraction of sp³-hybridized carbons (Fsp3) is 0.208. The van der Waals surface area contributed by atoms with E-state index in [1.807, 2.05) is 16.8 Å². The van der Waals surface area contributed by atoms with Gasteiger partial charge in [-0.25, -0.2) is 9.37 Å². The molecule has 1 aliphatic heterocycles. The molecule has 1 fully saturated rings. The third-order valence-corrected chi connectivity index (χ3v) is 5.46. The molecule has 7 nitrogen and oxygen atoms in total. The number of ketones is 1. The maximum atomic E-state index is 14.2. The van der Waals surface area contributed by atoms with Crippen LogP contribution in [0.5, 0.6) is 5.75 Å². The second-order valence-electron chi connectivity index (χ2n) is 7.41. The van der Waals surface area contributed by atoms with Crippen LogP contribution in [0.2, 0.25) is 0 Å². The molecule has 0 radical (unpaired) electrons. The molecule has 4 rings (SSSR count). The quantitative estimate of drug-likeness (QED) is 0.349. The van der Waals surface area contributed by atoms with Gasteiger partial charge in [-0.15, -0.1) is 0 Å². The zero-order valence-corrected chi connectivity index (χ0v) is 17.4. The van der Waals surface area contributed by atoms with Gasteiger partial charge in [0.1, 0.15) is 5.76 Å². The van der Waals surface area contributed by atoms with Crippen LogP contribution in [0.4, 0.5) is 4.39 Å². The number of methoxy groups -OCH3 is 1. The van der Waals surface area contributed by atoms with E-state index >= 15 is 0 Å². The maximum absolute atomic E-state index is 14.2. The summed E-state index contributed by atoms with van der Waals surface area (Å²) in [6, 6.07) is 12.1. The number of nitrogens with zero attached hydrogens (tertiary/aromatic N) is 3. The minimum Gasteiger partial charge on any atom is -0.507 e. The molecule has 1 N–H and O–H groups in total. The number of hydrogen-bond donors (Lipinski definition) is 1. The van der Waals surface area contributed by atoms with Gasteiger partial charge in [0, 0.05) is 31.0 Å². The van der Waals surface area contributed by atoms with E-state index in [0.717, 1.165) is 6.07 Å². The minimum absolute atomic E-state index is 0.0149. The molecule has 164 valence electrons. The molecule has 2 heterocycles. The predicted molar refractivity (Wildman–Crippen MR) is 115 cm³/mol. The highest BCUT2D eigenvalue weighted by atomic mass is 19.1. The first-order chi connectivity index (χ1) is 15.5. The molecule has 0 unspecified atom stereocenters. The number of ether oxygens (including phenoxy) is 1. The van der Waals surface area contributed by atoms with E-state index in [4.69, 9.17) is 4.74 Å². The molecule has 1 atom stereocenters. The van der Waals surface area contributed by atoms with Crippen molar-refractivity contribution in [2.75, 3.05) is 13.7 Å². The van der Waals surface area contributed by atoms with Gasteiger partial charge in [-0.1, -0.05) is 30.3 Å². The van der Waals surface area contributed by atoms with E-state index in [2.05, 4.69) is 4.98 Å². The van der Waals surface area contributed by atoms with Crippen LogP contribution in [-0.2, 0) is 16.1 Å². The van der Waals surface area contributed by atoms with Gasteiger partial charge >= 0.3 is 0 Å². The Kier molecular flexibility index (Phi) is 6.02. The number of carbonyl (C=O) groups is 2. The van der Waals surface area contributed by atoms with Gasteiger partial charge in [0.25, 0.3) is 11.7 Å². The molecular formula is C24H22FN3O4. The van der Waals surface area contributed by atoms with Gasteiger partial charge in [-0.3, -0.25) is 9.59 Å². The van der Waals surface area contributed by atoms with E-state index in [1.54, 1.807) is 36.8 Å². The highest BCUT2D eigenvalue weighted by Crippen LogP contribution is 2.39. The van der Waals surface area contributed by atoms with Crippen LogP contribution in [0.1, 0.15) is 23.6 Å². The Morgan fingerprint density at radius 3 is 2.59 bits per heavy atom. The van der Waals surface area contributed by atoms with Crippen molar-refractivity contribution in [2.24, 2.45) is 0 Å². The van der Waals surface area contributed by atoms with Crippen LogP contribution in [-0.4, -0.2) is 44.9 Å². The SMILES string of the molecule is COc1ccc(C(O)=C2C(=O)C(=O)N(CCCn3ccnc3)[C@H]2c2ccccc2)cc1F. The number of hydrogen-bond acceptors (Lipinski definition) is 5. The molecule has 3 aromatic rings. The van der Waals surface area contributed by atoms with Crippen molar-refractivity contribution in [3.05, 3.63) is 89.8 Å². The zero-order valence-electron chi connectivity index (χ0n) is 17.4. The number of rotatable bonds is 7. The van der Waals surface area contributed by atoms with Crippen molar-refractivity contribution in [1.82, 2.24) is 14.5 Å². The number of benzene rings is 2. The number of halogens is 1. The van der Waals surface area contributed by atoms with E-state index < -0.39 is 29.3 Å². The Labute approximate surface area is 184 Å². The number of amides is 1. The normalized spacial score (nSPS) is 17.7. The minimum atomic E-state index is -0.796. The molecule has 32 heavy (non-hydrogen) atoms. The molecule has 0 bridgehead atoms. The second-order valence-corrected chi connectivity index (χ2v) is 7.41. The van der Waals surface area contributed by atoms with Crippen LogP contribution in [0.15, 0.2) is 72.8 Å². The lowest BCUT2D eigenvalue weighted by Crippen LogP contribution is -2.31. The summed E-state index contributed by atoms with van der Waals surface area (Å²) in [6.07, 6.45) is 5.76. The topological polar surface area (TPSA) is 84.7 Å². The fourth-order valence-electron chi connectivity index (χ4n) is 3.90. The molecule has 1 aromatic heterocycles. The highest BCUT2D eigenvalue weighted by molar-refractivity contribution is 6.46. The Balaban J connectivity index is 1.72. The molecule has 1 aliphatic rings. The number of aliphatic hydroxyl groups excluding tert-OH is 1. The highest BCUT2D eigenvalue weighted by Gasteiger charge is 2.45. The maximum Gasteiger partial charge on any atom is 0.295 e. The van der Waals surface area contributed by atoms with Crippen molar-refractivity contribution in [3.8, 4) is 5.75 Å². The third-order valence-electron chi connectivity index (χ3n) is 5.46. The predicted octanol–water partition coefficient (Wildman–Crippen LogP) is 3.54. The molecule has 0 aliphatic carbocycles. The van der Waals surface area contributed by atoms with Crippen molar-refractivity contribution in [2.45, 2.75) is 19.0 Å². The van der Waals surface area contributed by atoms with E-state index in [-0.39, 0.29) is 16.9 Å². The summed E-state index contributed by atoms with van der Waals surface area (Å²) < 4.78 is 21.0. The average molecular weight is 435 g/mol. The molecule has 0 saturated carbocycles. The first-order valence-electron chi connectivity index (χ1n) is 10.1. The molecule has 0 spiro atoms. The Hall–Kier alpha value is -3.94. The number of aryl methyl sites for hydroxylation is 1. The lowest BCUT2D eigenvalue weighted by Gasteiger charge is -2.25. The van der Waals surface area contributed by atoms with Crippen LogP contribution in [0.25, 0.3) is 5.76 Å². The Morgan fingerprint density at radius 2 is 1.94 bits per heavy atom. The van der Waals surface area contributed by atoms with E-state index in [1.165, 1.54) is 24.1 Å². The number of Topliss-reactive ketones (excluding diaryl/α,β-unsaturated/α-hetero) is 1. The monoisotopic (exact) mass is 435 g/mol. The molecular weight excluding hydrogens is 413 g/mol. The van der Waals surface area contributed by atoms with Gasteiger partial charge in [0.15, 0.2) is 11.6 Å². The summed E-state index contributed by atoms with van der Waals surface area (Å²) in [5.74, 6) is -2.57. The standard InChI is InChI=1S/C24H22FN3O4/c1-32-19-9-8-17(14-18(19)25)22(29)20-21(16-6-3-2-4-7-16)28(24(31)23(20)30)12-5-11-27-13-10-26-15-27/h2-4,6-10,13-15,21,29H,5,11-12H2,1H3/t21-/m0/s1. The average Bonchev–Trinajstić information content (AvgIpc) is 3.41. The first kappa shape index (κ1) is 21.3. The lowest BCUT2D eigenvalue weighted by atomic mass is 9.95. The Bertz CT molecular complexity index is 1160. The third kappa shape index (κ3) is 3.99. The van der Waals surface area contributed by atoms with Gasteiger partial charge in [0.2, 0.25) is 0 Å². The van der Waals surface area contributed by atoms with Crippen molar-refractivity contribution in [1.29, 1.82) is 0 Å².